The molecule has 4 atom stereocenters. The van der Waals surface area contributed by atoms with Crippen molar-refractivity contribution in [1.82, 2.24) is 0 Å². The number of hydrogen-bond donors (Lipinski definition) is 5. The fraction of sp³-hybridized carbons (Fsp3) is 0.833. The van der Waals surface area contributed by atoms with Crippen LogP contribution in [0.25, 0.3) is 0 Å². The second kappa shape index (κ2) is 11.3. The van der Waals surface area contributed by atoms with Crippen LogP contribution in [0.1, 0.15) is 57.8 Å². The van der Waals surface area contributed by atoms with E-state index in [0.29, 0.717) is 45.2 Å². The van der Waals surface area contributed by atoms with Crippen LogP contribution in [0.5, 0.6) is 0 Å². The molecule has 0 radical (unpaired) electrons. The number of carbonyl (C=O) groups excluding carboxylic acids is 1. The van der Waals surface area contributed by atoms with Gasteiger partial charge in [-0.3, -0.25) is 0 Å². The van der Waals surface area contributed by atoms with E-state index in [4.69, 9.17) is 17.2 Å². The highest BCUT2D eigenvalue weighted by atomic mass is 16.4. The predicted molar refractivity (Wildman–Crippen MR) is 101 cm³/mol. The van der Waals surface area contributed by atoms with Gasteiger partial charge in [-0.1, -0.05) is 6.42 Å². The van der Waals surface area contributed by atoms with Crippen LogP contribution in [0, 0.1) is 0 Å². The second-order valence-corrected chi connectivity index (χ2v) is 7.37. The summed E-state index contributed by atoms with van der Waals surface area (Å²) >= 11 is 0. The highest BCUT2D eigenvalue weighted by molar-refractivity contribution is 5.84. The fourth-order valence-corrected chi connectivity index (χ4v) is 4.19. The molecule has 9 nitrogen and oxygen atoms in total. The van der Waals surface area contributed by atoms with E-state index >= 15 is 0 Å². The fourth-order valence-electron chi connectivity index (χ4n) is 4.19. The standard InChI is InChI=1S/C18H34N4O5/c19-10-4-1-2-8-14(17(24)25)22(12-6-9-15(22)18(26)27)16(23)13(21)7-3-5-11-20/h13-15H,1-12,19-21H2,(H-,24,25,26,27)/p+1/t13-,14?,15-,22?/m0/s1. The molecule has 0 aromatic carbocycles. The smallest absolute Gasteiger partial charge is 0.363 e. The molecule has 1 heterocycles. The van der Waals surface area contributed by atoms with Crippen molar-refractivity contribution in [2.45, 2.75) is 75.9 Å². The molecule has 0 bridgehead atoms. The first-order valence-electron chi connectivity index (χ1n) is 9.86. The van der Waals surface area contributed by atoms with E-state index in [1.807, 2.05) is 0 Å². The number of unbranched alkanes of at least 4 members (excludes halogenated alkanes) is 3. The number of hydrogen-bond acceptors (Lipinski definition) is 6. The van der Waals surface area contributed by atoms with Gasteiger partial charge in [0, 0.05) is 19.3 Å². The van der Waals surface area contributed by atoms with Gasteiger partial charge in [-0.05, 0) is 45.2 Å². The van der Waals surface area contributed by atoms with Crippen LogP contribution in [0.4, 0.5) is 0 Å². The summed E-state index contributed by atoms with van der Waals surface area (Å²) < 4.78 is -0.572. The summed E-state index contributed by atoms with van der Waals surface area (Å²) in [5.41, 5.74) is 17.0. The van der Waals surface area contributed by atoms with Crippen molar-refractivity contribution in [1.29, 1.82) is 0 Å². The van der Waals surface area contributed by atoms with Crippen LogP contribution >= 0.6 is 0 Å². The minimum Gasteiger partial charge on any atom is -0.477 e. The number of quaternary nitrogens is 1. The van der Waals surface area contributed by atoms with Gasteiger partial charge in [0.25, 0.3) is 0 Å². The quantitative estimate of drug-likeness (QED) is 0.217. The van der Waals surface area contributed by atoms with Gasteiger partial charge in [-0.15, -0.1) is 0 Å². The molecule has 8 N–H and O–H groups in total. The minimum absolute atomic E-state index is 0.203. The Hall–Kier alpha value is -1.55. The van der Waals surface area contributed by atoms with Gasteiger partial charge < -0.3 is 27.4 Å². The first kappa shape index (κ1) is 23.5. The number of amides is 1. The van der Waals surface area contributed by atoms with Gasteiger partial charge >= 0.3 is 17.8 Å². The Morgan fingerprint density at radius 2 is 1.56 bits per heavy atom. The SMILES string of the molecule is NCCCCCC(C(=O)O)[N+]1(C(=O)[C@@H](N)CCCCN)CCC[C@H]1C(=O)O. The monoisotopic (exact) mass is 387 g/mol. The summed E-state index contributed by atoms with van der Waals surface area (Å²) in [6.45, 7) is 1.20. The number of nitrogens with zero attached hydrogens (tertiary/aromatic N) is 1. The summed E-state index contributed by atoms with van der Waals surface area (Å²) in [5.74, 6) is -2.75. The predicted octanol–water partition coefficient (Wildman–Crippen LogP) is 0.00540. The lowest BCUT2D eigenvalue weighted by atomic mass is 9.98. The number of rotatable bonds is 13. The highest BCUT2D eigenvalue weighted by Gasteiger charge is 2.59. The van der Waals surface area contributed by atoms with Gasteiger partial charge in [-0.25, -0.2) is 18.9 Å². The van der Waals surface area contributed by atoms with Crippen LogP contribution in [0.2, 0.25) is 0 Å². The normalized spacial score (nSPS) is 24.5. The zero-order valence-corrected chi connectivity index (χ0v) is 16.0. The van der Waals surface area contributed by atoms with Gasteiger partial charge in [0.2, 0.25) is 0 Å². The van der Waals surface area contributed by atoms with Crippen molar-refractivity contribution in [3.63, 3.8) is 0 Å². The molecule has 0 saturated carbocycles. The van der Waals surface area contributed by atoms with E-state index in [2.05, 4.69) is 0 Å². The molecule has 1 aliphatic heterocycles. The Balaban J connectivity index is 3.14. The third-order valence-corrected chi connectivity index (χ3v) is 5.57. The van der Waals surface area contributed by atoms with Crippen LogP contribution in [0.15, 0.2) is 0 Å². The van der Waals surface area contributed by atoms with Gasteiger partial charge in [-0.2, -0.15) is 0 Å². The van der Waals surface area contributed by atoms with Crippen molar-refractivity contribution >= 4 is 17.8 Å². The maximum Gasteiger partial charge on any atom is 0.363 e. The number of likely N-dealkylation sites (tertiary alicyclic amines) is 1. The molecular weight excluding hydrogens is 352 g/mol. The molecule has 0 aromatic rings. The molecule has 0 aliphatic carbocycles. The van der Waals surface area contributed by atoms with Crippen molar-refractivity contribution in [2.24, 2.45) is 17.2 Å². The first-order valence-corrected chi connectivity index (χ1v) is 9.86. The maximum atomic E-state index is 13.3. The Kier molecular flexibility index (Phi) is 9.86. The molecule has 0 spiro atoms. The Morgan fingerprint density at radius 1 is 0.963 bits per heavy atom. The van der Waals surface area contributed by atoms with Gasteiger partial charge in [0.05, 0.1) is 6.54 Å². The largest absolute Gasteiger partial charge is 0.477 e. The summed E-state index contributed by atoms with van der Waals surface area (Å²) in [6, 6.07) is -3.05. The summed E-state index contributed by atoms with van der Waals surface area (Å²) in [7, 11) is 0. The molecular formula is C18H35N4O5+. The molecule has 1 fully saturated rings. The van der Waals surface area contributed by atoms with Gasteiger partial charge in [0.1, 0.15) is 6.04 Å². The number of nitrogens with two attached hydrogens (primary N) is 3. The topological polar surface area (TPSA) is 170 Å². The van der Waals surface area contributed by atoms with E-state index in [1.165, 1.54) is 0 Å². The molecule has 1 aliphatic rings. The Bertz CT molecular complexity index is 516. The third kappa shape index (κ3) is 5.71. The number of carboxylic acid groups (broad SMARTS) is 2. The average molecular weight is 388 g/mol. The lowest BCUT2D eigenvalue weighted by molar-refractivity contribution is -0.875. The van der Waals surface area contributed by atoms with E-state index in [-0.39, 0.29) is 19.4 Å². The summed E-state index contributed by atoms with van der Waals surface area (Å²) in [6.07, 6.45) is 4.84. The van der Waals surface area contributed by atoms with Crippen LogP contribution < -0.4 is 17.2 Å². The zero-order valence-electron chi connectivity index (χ0n) is 16.0. The molecule has 0 aromatic heterocycles. The number of aliphatic carboxylic acids is 2. The maximum absolute atomic E-state index is 13.3. The molecule has 1 amide bonds. The van der Waals surface area contributed by atoms with Crippen LogP contribution in [-0.4, -0.2) is 70.3 Å². The second-order valence-electron chi connectivity index (χ2n) is 7.37. The Labute approximate surface area is 160 Å². The van der Waals surface area contributed by atoms with E-state index in [0.717, 1.165) is 12.8 Å². The minimum atomic E-state index is -1.14. The van der Waals surface area contributed by atoms with E-state index in [9.17, 15) is 24.6 Å². The van der Waals surface area contributed by atoms with Crippen molar-refractivity contribution in [2.75, 3.05) is 19.6 Å². The molecule has 1 saturated heterocycles. The Morgan fingerprint density at radius 3 is 2.11 bits per heavy atom. The molecule has 27 heavy (non-hydrogen) atoms. The first-order chi connectivity index (χ1) is 12.8. The van der Waals surface area contributed by atoms with Crippen molar-refractivity contribution in [3.05, 3.63) is 0 Å². The summed E-state index contributed by atoms with van der Waals surface area (Å²) in [4.78, 5) is 37.2. The zero-order chi connectivity index (χ0) is 20.4. The van der Waals surface area contributed by atoms with Crippen LogP contribution in [0.3, 0.4) is 0 Å². The highest BCUT2D eigenvalue weighted by Crippen LogP contribution is 2.35. The van der Waals surface area contributed by atoms with Crippen LogP contribution in [-0.2, 0) is 14.4 Å². The molecule has 1 rings (SSSR count). The molecule has 156 valence electrons. The van der Waals surface area contributed by atoms with Crippen molar-refractivity contribution in [3.8, 4) is 0 Å². The number of carbonyl (C=O) groups is 3. The third-order valence-electron chi connectivity index (χ3n) is 5.57. The average Bonchev–Trinajstić information content (AvgIpc) is 3.06. The molecule has 9 heteroatoms. The van der Waals surface area contributed by atoms with Crippen molar-refractivity contribution < 1.29 is 29.1 Å². The number of carboxylic acids is 2. The lowest BCUT2D eigenvalue weighted by Crippen LogP contribution is -2.69. The lowest BCUT2D eigenvalue weighted by Gasteiger charge is -2.41. The summed E-state index contributed by atoms with van der Waals surface area (Å²) in [5, 5.41) is 19.6. The van der Waals surface area contributed by atoms with E-state index in [1.54, 1.807) is 0 Å². The molecule has 2 unspecified atom stereocenters. The van der Waals surface area contributed by atoms with E-state index < -0.39 is 40.5 Å². The van der Waals surface area contributed by atoms with Gasteiger partial charge in [0.15, 0.2) is 12.1 Å².